The fraction of sp³-hybridized carbons (Fsp3) is 0.545. The molecule has 1 aliphatic rings. The van der Waals surface area contributed by atoms with Crippen molar-refractivity contribution >= 4 is 23.4 Å². The van der Waals surface area contributed by atoms with Crippen LogP contribution < -0.4 is 0 Å². The maximum absolute atomic E-state index is 6.14. The van der Waals surface area contributed by atoms with Crippen molar-refractivity contribution in [2.75, 3.05) is 0 Å². The van der Waals surface area contributed by atoms with Crippen LogP contribution in [0.1, 0.15) is 37.8 Å². The van der Waals surface area contributed by atoms with E-state index in [2.05, 4.69) is 32.4 Å². The average Bonchev–Trinajstić information content (AvgIpc) is 3.14. The SMILES string of the molecule is CCCc1c(Cl)ncnc1Sc1nnnn1C1CC1. The van der Waals surface area contributed by atoms with Crippen molar-refractivity contribution in [3.8, 4) is 0 Å². The minimum Gasteiger partial charge on any atom is -0.229 e. The number of rotatable bonds is 5. The third kappa shape index (κ3) is 2.71. The van der Waals surface area contributed by atoms with Crippen molar-refractivity contribution in [1.82, 2.24) is 30.2 Å². The second-order valence-corrected chi connectivity index (χ2v) is 5.75. The highest BCUT2D eigenvalue weighted by Gasteiger charge is 2.28. The Hall–Kier alpha value is -1.21. The smallest absolute Gasteiger partial charge is 0.215 e. The molecule has 0 atom stereocenters. The molecule has 19 heavy (non-hydrogen) atoms. The molecule has 0 saturated heterocycles. The Balaban J connectivity index is 1.90. The summed E-state index contributed by atoms with van der Waals surface area (Å²) < 4.78 is 1.87. The Morgan fingerprint density at radius 1 is 1.42 bits per heavy atom. The second-order valence-electron chi connectivity index (χ2n) is 4.44. The number of nitrogens with zero attached hydrogens (tertiary/aromatic N) is 6. The molecule has 6 nitrogen and oxygen atoms in total. The van der Waals surface area contributed by atoms with Gasteiger partial charge in [-0.3, -0.25) is 0 Å². The van der Waals surface area contributed by atoms with E-state index < -0.39 is 0 Å². The molecular formula is C11H13ClN6S. The first-order valence-electron chi connectivity index (χ1n) is 6.24. The fourth-order valence-electron chi connectivity index (χ4n) is 1.81. The Morgan fingerprint density at radius 3 is 3.00 bits per heavy atom. The summed E-state index contributed by atoms with van der Waals surface area (Å²) in [5, 5.41) is 14.0. The minimum atomic E-state index is 0.449. The molecule has 1 fully saturated rings. The summed E-state index contributed by atoms with van der Waals surface area (Å²) in [6.45, 7) is 2.10. The zero-order valence-corrected chi connectivity index (χ0v) is 12.0. The molecule has 2 aromatic heterocycles. The van der Waals surface area contributed by atoms with Gasteiger partial charge >= 0.3 is 0 Å². The Labute approximate surface area is 120 Å². The van der Waals surface area contributed by atoms with Crippen LogP contribution >= 0.6 is 23.4 Å². The predicted octanol–water partition coefficient (Wildman–Crippen LogP) is 2.56. The molecule has 3 rings (SSSR count). The predicted molar refractivity (Wildman–Crippen MR) is 71.2 cm³/mol. The van der Waals surface area contributed by atoms with Gasteiger partial charge in [0.2, 0.25) is 5.16 Å². The molecule has 2 heterocycles. The van der Waals surface area contributed by atoms with Gasteiger partial charge in [0.15, 0.2) is 0 Å². The molecule has 100 valence electrons. The molecule has 0 unspecified atom stereocenters. The van der Waals surface area contributed by atoms with E-state index in [0.29, 0.717) is 11.2 Å². The van der Waals surface area contributed by atoms with Crippen molar-refractivity contribution in [2.24, 2.45) is 0 Å². The highest BCUT2D eigenvalue weighted by Crippen LogP contribution is 2.38. The molecule has 1 aliphatic carbocycles. The molecule has 0 aromatic carbocycles. The van der Waals surface area contributed by atoms with Crippen molar-refractivity contribution in [2.45, 2.75) is 48.8 Å². The normalized spacial score (nSPS) is 14.8. The van der Waals surface area contributed by atoms with Crippen LogP contribution in [0.2, 0.25) is 5.15 Å². The molecule has 0 N–H and O–H groups in total. The van der Waals surface area contributed by atoms with Gasteiger partial charge in [-0.1, -0.05) is 24.9 Å². The maximum atomic E-state index is 6.14. The van der Waals surface area contributed by atoms with Crippen LogP contribution in [0.15, 0.2) is 16.5 Å². The van der Waals surface area contributed by atoms with Crippen molar-refractivity contribution in [3.05, 3.63) is 17.0 Å². The van der Waals surface area contributed by atoms with Gasteiger partial charge in [0.1, 0.15) is 16.5 Å². The van der Waals surface area contributed by atoms with E-state index in [-0.39, 0.29) is 0 Å². The van der Waals surface area contributed by atoms with Crippen LogP contribution in [-0.2, 0) is 6.42 Å². The first-order valence-corrected chi connectivity index (χ1v) is 7.44. The van der Waals surface area contributed by atoms with Crippen LogP contribution in [0.3, 0.4) is 0 Å². The third-order valence-electron chi connectivity index (χ3n) is 2.90. The number of hydrogen-bond acceptors (Lipinski definition) is 6. The van der Waals surface area contributed by atoms with Gasteiger partial charge in [-0.25, -0.2) is 14.6 Å². The second kappa shape index (κ2) is 5.42. The van der Waals surface area contributed by atoms with Gasteiger partial charge in [-0.15, -0.1) is 5.10 Å². The zero-order valence-electron chi connectivity index (χ0n) is 10.5. The lowest BCUT2D eigenvalue weighted by molar-refractivity contribution is 0.565. The van der Waals surface area contributed by atoms with Crippen molar-refractivity contribution in [3.63, 3.8) is 0 Å². The van der Waals surface area contributed by atoms with E-state index in [9.17, 15) is 0 Å². The van der Waals surface area contributed by atoms with E-state index >= 15 is 0 Å². The summed E-state index contributed by atoms with van der Waals surface area (Å²) in [6, 6.07) is 0.449. The first kappa shape index (κ1) is 12.8. The molecule has 0 spiro atoms. The van der Waals surface area contributed by atoms with E-state index in [1.54, 1.807) is 0 Å². The fourth-order valence-corrected chi connectivity index (χ4v) is 3.05. The zero-order chi connectivity index (χ0) is 13.2. The van der Waals surface area contributed by atoms with Gasteiger partial charge < -0.3 is 0 Å². The van der Waals surface area contributed by atoms with E-state index in [4.69, 9.17) is 11.6 Å². The summed E-state index contributed by atoms with van der Waals surface area (Å²) in [5.41, 5.74) is 0.974. The Kier molecular flexibility index (Phi) is 3.65. The summed E-state index contributed by atoms with van der Waals surface area (Å²) in [5.74, 6) is 0. The summed E-state index contributed by atoms with van der Waals surface area (Å²) in [4.78, 5) is 8.35. The molecule has 8 heteroatoms. The minimum absolute atomic E-state index is 0.449. The van der Waals surface area contributed by atoms with Gasteiger partial charge in [-0.05, 0) is 41.5 Å². The van der Waals surface area contributed by atoms with Gasteiger partial charge in [0, 0.05) is 5.56 Å². The van der Waals surface area contributed by atoms with Crippen LogP contribution in [0.25, 0.3) is 0 Å². The third-order valence-corrected chi connectivity index (χ3v) is 4.22. The number of halogens is 1. The van der Waals surface area contributed by atoms with Crippen LogP contribution in [0.5, 0.6) is 0 Å². The highest BCUT2D eigenvalue weighted by atomic mass is 35.5. The Bertz CT molecular complexity index is 582. The number of aromatic nitrogens is 6. The summed E-state index contributed by atoms with van der Waals surface area (Å²) >= 11 is 7.60. The molecular weight excluding hydrogens is 284 g/mol. The average molecular weight is 297 g/mol. The summed E-state index contributed by atoms with van der Waals surface area (Å²) in [7, 11) is 0. The quantitative estimate of drug-likeness (QED) is 0.790. The van der Waals surface area contributed by atoms with Crippen molar-refractivity contribution in [1.29, 1.82) is 0 Å². The topological polar surface area (TPSA) is 69.4 Å². The largest absolute Gasteiger partial charge is 0.229 e. The lowest BCUT2D eigenvalue weighted by Gasteiger charge is -2.07. The number of tetrazole rings is 1. The highest BCUT2D eigenvalue weighted by molar-refractivity contribution is 7.99. The van der Waals surface area contributed by atoms with Gasteiger partial charge in [0.05, 0.1) is 6.04 Å². The monoisotopic (exact) mass is 296 g/mol. The standard InChI is InChI=1S/C11H13ClN6S/c1-2-3-8-9(12)13-6-14-10(8)19-11-15-16-17-18(11)7-4-5-7/h6-7H,2-5H2,1H3. The lowest BCUT2D eigenvalue weighted by atomic mass is 10.2. The maximum Gasteiger partial charge on any atom is 0.215 e. The van der Waals surface area contributed by atoms with Gasteiger partial charge in [0.25, 0.3) is 0 Å². The first-order chi connectivity index (χ1) is 9.29. The van der Waals surface area contributed by atoms with Crippen LogP contribution in [-0.4, -0.2) is 30.2 Å². The Morgan fingerprint density at radius 2 is 2.26 bits per heavy atom. The van der Waals surface area contributed by atoms with Crippen LogP contribution in [0.4, 0.5) is 0 Å². The molecule has 0 bridgehead atoms. The van der Waals surface area contributed by atoms with Crippen molar-refractivity contribution < 1.29 is 0 Å². The number of hydrogen-bond donors (Lipinski definition) is 0. The van der Waals surface area contributed by atoms with E-state index in [1.165, 1.54) is 18.1 Å². The van der Waals surface area contributed by atoms with E-state index in [1.807, 2.05) is 4.68 Å². The van der Waals surface area contributed by atoms with Crippen LogP contribution in [0, 0.1) is 0 Å². The van der Waals surface area contributed by atoms with Gasteiger partial charge in [-0.2, -0.15) is 0 Å². The molecule has 0 radical (unpaired) electrons. The summed E-state index contributed by atoms with van der Waals surface area (Å²) in [6.07, 6.45) is 5.62. The molecule has 1 saturated carbocycles. The molecule has 0 aliphatic heterocycles. The van der Waals surface area contributed by atoms with E-state index in [0.717, 1.165) is 41.4 Å². The molecule has 0 amide bonds. The molecule has 2 aromatic rings. The lowest BCUT2D eigenvalue weighted by Crippen LogP contribution is -2.01.